The Hall–Kier alpha value is -4.49. The van der Waals surface area contributed by atoms with Crippen molar-refractivity contribution in [3.63, 3.8) is 0 Å². The Morgan fingerprint density at radius 3 is 1.89 bits per heavy atom. The molecule has 0 aliphatic rings. The van der Waals surface area contributed by atoms with Crippen LogP contribution in [0.15, 0.2) is 67.4 Å². The number of benzene rings is 1. The number of aromatic nitrogens is 4. The van der Waals surface area contributed by atoms with Gasteiger partial charge in [0.15, 0.2) is 0 Å². The van der Waals surface area contributed by atoms with E-state index in [0.29, 0.717) is 0 Å². The average molecular weight is 514 g/mol. The Morgan fingerprint density at radius 2 is 1.39 bits per heavy atom. The van der Waals surface area contributed by atoms with Crippen molar-refractivity contribution < 1.29 is 46.1 Å². The van der Waals surface area contributed by atoms with Crippen molar-refractivity contribution in [2.45, 2.75) is 19.3 Å². The lowest BCUT2D eigenvalue weighted by molar-refractivity contribution is -0.193. The number of aryl methyl sites for hydroxylation is 1. The molecule has 3 heterocycles. The predicted octanol–water partition coefficient (Wildman–Crippen LogP) is 5.06. The summed E-state index contributed by atoms with van der Waals surface area (Å²) in [6.07, 6.45) is -0.981. The molecule has 0 radical (unpaired) electrons. The van der Waals surface area contributed by atoms with E-state index in [4.69, 9.17) is 19.8 Å². The summed E-state index contributed by atoms with van der Waals surface area (Å²) in [7, 11) is 0. The van der Waals surface area contributed by atoms with E-state index in [1.54, 1.807) is 12.4 Å². The third-order valence-corrected chi connectivity index (χ3v) is 4.29. The maximum atomic E-state index is 10.6. The number of carboxylic acid groups (broad SMARTS) is 2. The second-order valence-corrected chi connectivity index (χ2v) is 6.84. The molecule has 190 valence electrons. The molecule has 1 aromatic carbocycles. The van der Waals surface area contributed by atoms with Crippen molar-refractivity contribution >= 4 is 22.8 Å². The number of alkyl halides is 6. The number of nitrogens with zero attached hydrogens (tertiary/aromatic N) is 4. The van der Waals surface area contributed by atoms with Crippen LogP contribution in [0.5, 0.6) is 0 Å². The topological polar surface area (TPSA) is 118 Å². The third-order valence-electron chi connectivity index (χ3n) is 4.29. The largest absolute Gasteiger partial charge is 0.490 e. The minimum absolute atomic E-state index is 1.01. The minimum atomic E-state index is -5.08. The fraction of sp³-hybridized carbons (Fsp3) is 0.136. The van der Waals surface area contributed by atoms with E-state index < -0.39 is 24.3 Å². The van der Waals surface area contributed by atoms with Crippen LogP contribution in [0.3, 0.4) is 0 Å². The highest BCUT2D eigenvalue weighted by Gasteiger charge is 2.38. The first kappa shape index (κ1) is 27.8. The summed E-state index contributed by atoms with van der Waals surface area (Å²) in [5.74, 6) is -5.51. The zero-order valence-electron chi connectivity index (χ0n) is 18.1. The van der Waals surface area contributed by atoms with Gasteiger partial charge >= 0.3 is 24.3 Å². The molecule has 36 heavy (non-hydrogen) atoms. The molecule has 8 nitrogen and oxygen atoms in total. The number of hydrogen-bond acceptors (Lipinski definition) is 5. The zero-order chi connectivity index (χ0) is 27.1. The van der Waals surface area contributed by atoms with E-state index >= 15 is 0 Å². The van der Waals surface area contributed by atoms with Crippen molar-refractivity contribution in [1.82, 2.24) is 19.7 Å². The fourth-order valence-corrected chi connectivity index (χ4v) is 2.62. The summed E-state index contributed by atoms with van der Waals surface area (Å²) < 4.78 is 65.4. The summed E-state index contributed by atoms with van der Waals surface area (Å²) in [6, 6.07) is 12.3. The van der Waals surface area contributed by atoms with E-state index in [2.05, 4.69) is 46.3 Å². The Kier molecular flexibility index (Phi) is 8.70. The molecule has 3 aromatic heterocycles. The van der Waals surface area contributed by atoms with Crippen LogP contribution in [-0.2, 0) is 9.59 Å². The van der Waals surface area contributed by atoms with Crippen LogP contribution in [0, 0.1) is 6.92 Å². The first-order valence-electron chi connectivity index (χ1n) is 9.61. The summed E-state index contributed by atoms with van der Waals surface area (Å²) in [5.41, 5.74) is 5.48. The molecule has 2 N–H and O–H groups in total. The van der Waals surface area contributed by atoms with E-state index in [9.17, 15) is 26.3 Å². The normalized spacial score (nSPS) is 11.1. The lowest BCUT2D eigenvalue weighted by Crippen LogP contribution is -2.21. The van der Waals surface area contributed by atoms with Gasteiger partial charge in [0.1, 0.15) is 0 Å². The van der Waals surface area contributed by atoms with E-state index in [1.807, 2.05) is 35.4 Å². The number of rotatable bonds is 2. The SMILES string of the molecule is Cc1ccncc1-n1ncc2cc(-c3cccnc3)ccc21.O=C(O)C(F)(F)F.O=C(O)C(F)(F)F. The maximum Gasteiger partial charge on any atom is 0.490 e. The molecule has 0 unspecified atom stereocenters. The van der Waals surface area contributed by atoms with Crippen molar-refractivity contribution in [3.8, 4) is 16.8 Å². The number of pyridine rings is 2. The maximum absolute atomic E-state index is 10.6. The number of halogens is 6. The first-order valence-corrected chi connectivity index (χ1v) is 9.61. The van der Waals surface area contributed by atoms with Gasteiger partial charge < -0.3 is 10.2 Å². The van der Waals surface area contributed by atoms with Crippen LogP contribution in [0.25, 0.3) is 27.7 Å². The Labute approximate surface area is 198 Å². The Morgan fingerprint density at radius 1 is 0.806 bits per heavy atom. The molecule has 4 rings (SSSR count). The summed E-state index contributed by atoms with van der Waals surface area (Å²) in [5, 5.41) is 19.9. The fourth-order valence-electron chi connectivity index (χ4n) is 2.62. The molecular formula is C22H16F6N4O4. The Bertz CT molecular complexity index is 1310. The Balaban J connectivity index is 0.000000271. The number of hydrogen-bond donors (Lipinski definition) is 2. The molecule has 0 bridgehead atoms. The van der Waals surface area contributed by atoms with Gasteiger partial charge in [-0.1, -0.05) is 12.1 Å². The van der Waals surface area contributed by atoms with Gasteiger partial charge in [-0.25, -0.2) is 14.3 Å². The molecule has 0 aliphatic heterocycles. The minimum Gasteiger partial charge on any atom is -0.475 e. The van der Waals surface area contributed by atoms with Crippen LogP contribution >= 0.6 is 0 Å². The highest BCUT2D eigenvalue weighted by Crippen LogP contribution is 2.26. The molecule has 14 heteroatoms. The van der Waals surface area contributed by atoms with Gasteiger partial charge in [0.25, 0.3) is 0 Å². The van der Waals surface area contributed by atoms with Gasteiger partial charge in [-0.3, -0.25) is 9.97 Å². The van der Waals surface area contributed by atoms with Gasteiger partial charge in [-0.05, 0) is 42.3 Å². The van der Waals surface area contributed by atoms with Gasteiger partial charge in [0, 0.05) is 29.5 Å². The molecule has 0 fully saturated rings. The molecule has 0 amide bonds. The number of aliphatic carboxylic acids is 2. The predicted molar refractivity (Wildman–Crippen MR) is 114 cm³/mol. The molecule has 0 saturated carbocycles. The number of carbonyl (C=O) groups is 2. The number of carboxylic acids is 2. The smallest absolute Gasteiger partial charge is 0.475 e. The zero-order valence-corrected chi connectivity index (χ0v) is 18.1. The lowest BCUT2D eigenvalue weighted by Gasteiger charge is -2.07. The van der Waals surface area contributed by atoms with Crippen LogP contribution in [0.1, 0.15) is 5.56 Å². The summed E-state index contributed by atoms with van der Waals surface area (Å²) >= 11 is 0. The second kappa shape index (κ2) is 11.3. The van der Waals surface area contributed by atoms with Crippen molar-refractivity contribution in [1.29, 1.82) is 0 Å². The number of fused-ring (bicyclic) bond motifs is 1. The standard InChI is InChI=1S/C18H14N4.2C2HF3O2/c1-13-6-8-20-12-18(13)22-17-5-4-14(9-16(17)11-21-22)15-3-2-7-19-10-15;2*3-2(4,5)1(6)7/h2-12H,1H3;2*(H,6,7). The highest BCUT2D eigenvalue weighted by molar-refractivity contribution is 5.85. The molecule has 0 atom stereocenters. The van der Waals surface area contributed by atoms with Crippen LogP contribution in [-0.4, -0.2) is 54.3 Å². The van der Waals surface area contributed by atoms with Gasteiger partial charge in [0.05, 0.1) is 23.6 Å². The van der Waals surface area contributed by atoms with Gasteiger partial charge in [-0.2, -0.15) is 31.4 Å². The lowest BCUT2D eigenvalue weighted by atomic mass is 10.1. The van der Waals surface area contributed by atoms with E-state index in [1.165, 1.54) is 0 Å². The first-order chi connectivity index (χ1) is 16.7. The molecule has 0 spiro atoms. The van der Waals surface area contributed by atoms with Crippen molar-refractivity contribution in [2.24, 2.45) is 0 Å². The van der Waals surface area contributed by atoms with Crippen LogP contribution < -0.4 is 0 Å². The summed E-state index contributed by atoms with van der Waals surface area (Å²) in [4.78, 5) is 26.2. The molecule has 0 saturated heterocycles. The van der Waals surface area contributed by atoms with Crippen LogP contribution in [0.2, 0.25) is 0 Å². The molecule has 0 aliphatic carbocycles. The molecular weight excluding hydrogens is 498 g/mol. The van der Waals surface area contributed by atoms with E-state index in [0.717, 1.165) is 33.3 Å². The van der Waals surface area contributed by atoms with E-state index in [-0.39, 0.29) is 0 Å². The highest BCUT2D eigenvalue weighted by atomic mass is 19.4. The quantitative estimate of drug-likeness (QED) is 0.359. The summed E-state index contributed by atoms with van der Waals surface area (Å²) in [6.45, 7) is 2.06. The van der Waals surface area contributed by atoms with Crippen molar-refractivity contribution in [2.75, 3.05) is 0 Å². The second-order valence-electron chi connectivity index (χ2n) is 6.84. The monoisotopic (exact) mass is 514 g/mol. The van der Waals surface area contributed by atoms with Gasteiger partial charge in [0.2, 0.25) is 0 Å². The average Bonchev–Trinajstić information content (AvgIpc) is 3.22. The van der Waals surface area contributed by atoms with Gasteiger partial charge in [-0.15, -0.1) is 0 Å². The van der Waals surface area contributed by atoms with Crippen molar-refractivity contribution in [3.05, 3.63) is 72.9 Å². The molecule has 4 aromatic rings. The van der Waals surface area contributed by atoms with Crippen LogP contribution in [0.4, 0.5) is 26.3 Å². The third kappa shape index (κ3) is 7.51.